The number of nitrogens with zero attached hydrogens (tertiary/aromatic N) is 2. The Balaban J connectivity index is 1.90. The third-order valence-corrected chi connectivity index (χ3v) is 3.53. The summed E-state index contributed by atoms with van der Waals surface area (Å²) in [5.41, 5.74) is 1.35. The molecule has 0 saturated heterocycles. The van der Waals surface area contributed by atoms with Gasteiger partial charge in [0, 0.05) is 12.5 Å². The molecule has 6 nitrogen and oxygen atoms in total. The number of hydrogen-bond donors (Lipinski definition) is 1. The van der Waals surface area contributed by atoms with Gasteiger partial charge in [0.2, 0.25) is 11.8 Å². The van der Waals surface area contributed by atoms with E-state index >= 15 is 0 Å². The minimum atomic E-state index is -0.522. The Bertz CT molecular complexity index is 830. The van der Waals surface area contributed by atoms with Crippen LogP contribution in [-0.2, 0) is 0 Å². The van der Waals surface area contributed by atoms with Crippen LogP contribution in [0.25, 0.3) is 0 Å². The van der Waals surface area contributed by atoms with Gasteiger partial charge in [-0.05, 0) is 23.8 Å². The molecule has 0 aliphatic rings. The van der Waals surface area contributed by atoms with E-state index in [4.69, 9.17) is 9.15 Å². The van der Waals surface area contributed by atoms with Crippen molar-refractivity contribution in [2.24, 2.45) is 0 Å². The normalized spacial score (nSPS) is 11.8. The Morgan fingerprint density at radius 2 is 1.92 bits per heavy atom. The predicted octanol–water partition coefficient (Wildman–Crippen LogP) is 2.91. The molecular weight excluding hydrogens is 306 g/mol. The molecule has 0 fully saturated rings. The highest BCUT2D eigenvalue weighted by molar-refractivity contribution is 5.95. The summed E-state index contributed by atoms with van der Waals surface area (Å²) in [7, 11) is 1.56. The summed E-state index contributed by atoms with van der Waals surface area (Å²) in [6.07, 6.45) is 0. The quantitative estimate of drug-likeness (QED) is 0.781. The Morgan fingerprint density at radius 3 is 2.58 bits per heavy atom. The molecule has 0 aliphatic heterocycles. The Labute approximate surface area is 139 Å². The van der Waals surface area contributed by atoms with Gasteiger partial charge in [-0.3, -0.25) is 4.79 Å². The van der Waals surface area contributed by atoms with Crippen LogP contribution in [0.2, 0.25) is 0 Å². The van der Waals surface area contributed by atoms with Crippen molar-refractivity contribution >= 4 is 5.91 Å². The van der Waals surface area contributed by atoms with Gasteiger partial charge in [-0.1, -0.05) is 36.4 Å². The second-order valence-electron chi connectivity index (χ2n) is 5.21. The largest absolute Gasteiger partial charge is 0.497 e. The maximum Gasteiger partial charge on any atom is 0.252 e. The van der Waals surface area contributed by atoms with Crippen LogP contribution in [0.15, 0.2) is 59.0 Å². The summed E-state index contributed by atoms with van der Waals surface area (Å²) in [5.74, 6) is 1.16. The third kappa shape index (κ3) is 3.43. The first-order valence-corrected chi connectivity index (χ1v) is 7.47. The minimum absolute atomic E-state index is 0.251. The summed E-state index contributed by atoms with van der Waals surface area (Å²) < 4.78 is 10.7. The first-order chi connectivity index (χ1) is 11.7. The lowest BCUT2D eigenvalue weighted by molar-refractivity contribution is 0.0937. The highest BCUT2D eigenvalue weighted by Crippen LogP contribution is 2.22. The monoisotopic (exact) mass is 323 g/mol. The number of aryl methyl sites for hydroxylation is 1. The number of carbonyl (C=O) groups is 1. The molecule has 1 unspecified atom stereocenters. The van der Waals surface area contributed by atoms with Crippen LogP contribution in [0.3, 0.4) is 0 Å². The van der Waals surface area contributed by atoms with Crippen LogP contribution in [0.4, 0.5) is 0 Å². The number of carbonyl (C=O) groups excluding carboxylic acids is 1. The first kappa shape index (κ1) is 15.7. The van der Waals surface area contributed by atoms with Crippen molar-refractivity contribution in [3.8, 4) is 5.75 Å². The number of benzene rings is 2. The van der Waals surface area contributed by atoms with Crippen molar-refractivity contribution < 1.29 is 13.9 Å². The molecule has 3 aromatic rings. The van der Waals surface area contributed by atoms with Gasteiger partial charge >= 0.3 is 0 Å². The van der Waals surface area contributed by atoms with E-state index in [2.05, 4.69) is 15.5 Å². The van der Waals surface area contributed by atoms with Gasteiger partial charge in [0.15, 0.2) is 0 Å². The third-order valence-electron chi connectivity index (χ3n) is 3.53. The SMILES string of the molecule is COc1cccc(C(=O)NC(c2ccccc2)c2nnc(C)o2)c1. The number of ether oxygens (including phenoxy) is 1. The van der Waals surface area contributed by atoms with Gasteiger partial charge in [0.1, 0.15) is 11.8 Å². The Morgan fingerprint density at radius 1 is 1.12 bits per heavy atom. The lowest BCUT2D eigenvalue weighted by Crippen LogP contribution is -2.29. The molecule has 1 atom stereocenters. The van der Waals surface area contributed by atoms with E-state index in [1.807, 2.05) is 30.3 Å². The van der Waals surface area contributed by atoms with Crippen LogP contribution < -0.4 is 10.1 Å². The fraction of sp³-hybridized carbons (Fsp3) is 0.167. The molecule has 3 rings (SSSR count). The zero-order valence-electron chi connectivity index (χ0n) is 13.4. The van der Waals surface area contributed by atoms with Gasteiger partial charge < -0.3 is 14.5 Å². The van der Waals surface area contributed by atoms with Crippen molar-refractivity contribution in [2.45, 2.75) is 13.0 Å². The summed E-state index contributed by atoms with van der Waals surface area (Å²) >= 11 is 0. The molecule has 122 valence electrons. The van der Waals surface area contributed by atoms with Gasteiger partial charge in [0.25, 0.3) is 5.91 Å². The average Bonchev–Trinajstić information content (AvgIpc) is 3.06. The van der Waals surface area contributed by atoms with E-state index in [1.165, 1.54) is 0 Å². The van der Waals surface area contributed by atoms with E-state index in [-0.39, 0.29) is 5.91 Å². The number of nitrogens with one attached hydrogen (secondary N) is 1. The Hall–Kier alpha value is -3.15. The fourth-order valence-electron chi connectivity index (χ4n) is 2.34. The fourth-order valence-corrected chi connectivity index (χ4v) is 2.34. The smallest absolute Gasteiger partial charge is 0.252 e. The lowest BCUT2D eigenvalue weighted by Gasteiger charge is -2.16. The molecule has 24 heavy (non-hydrogen) atoms. The topological polar surface area (TPSA) is 77.2 Å². The molecule has 1 amide bonds. The molecule has 6 heteroatoms. The second kappa shape index (κ2) is 6.95. The lowest BCUT2D eigenvalue weighted by atomic mass is 10.1. The first-order valence-electron chi connectivity index (χ1n) is 7.47. The minimum Gasteiger partial charge on any atom is -0.497 e. The maximum absolute atomic E-state index is 12.6. The highest BCUT2D eigenvalue weighted by atomic mass is 16.5. The van der Waals surface area contributed by atoms with Gasteiger partial charge in [0.05, 0.1) is 7.11 Å². The van der Waals surface area contributed by atoms with Crippen molar-refractivity contribution in [1.82, 2.24) is 15.5 Å². The van der Waals surface area contributed by atoms with E-state index < -0.39 is 6.04 Å². The summed E-state index contributed by atoms with van der Waals surface area (Å²) in [6.45, 7) is 1.71. The predicted molar refractivity (Wildman–Crippen MR) is 87.8 cm³/mol. The molecule has 0 radical (unpaired) electrons. The molecular formula is C18H17N3O3. The molecule has 0 bridgehead atoms. The molecule has 1 N–H and O–H groups in total. The van der Waals surface area contributed by atoms with Gasteiger partial charge in [-0.15, -0.1) is 10.2 Å². The van der Waals surface area contributed by atoms with Crippen LogP contribution in [0.1, 0.15) is 33.7 Å². The van der Waals surface area contributed by atoms with E-state index in [9.17, 15) is 4.79 Å². The number of rotatable bonds is 5. The Kier molecular flexibility index (Phi) is 4.56. The van der Waals surface area contributed by atoms with Crippen molar-refractivity contribution in [1.29, 1.82) is 0 Å². The van der Waals surface area contributed by atoms with Crippen LogP contribution in [0, 0.1) is 6.92 Å². The molecule has 0 aliphatic carbocycles. The average molecular weight is 323 g/mol. The summed E-state index contributed by atoms with van der Waals surface area (Å²) in [5, 5.41) is 10.8. The molecule has 1 aromatic heterocycles. The summed E-state index contributed by atoms with van der Waals surface area (Å²) in [4.78, 5) is 12.6. The zero-order chi connectivity index (χ0) is 16.9. The zero-order valence-corrected chi connectivity index (χ0v) is 13.4. The number of aromatic nitrogens is 2. The standard InChI is InChI=1S/C18H17N3O3/c1-12-20-21-18(24-12)16(13-7-4-3-5-8-13)19-17(22)14-9-6-10-15(11-14)23-2/h3-11,16H,1-2H3,(H,19,22). The molecule has 0 spiro atoms. The summed E-state index contributed by atoms with van der Waals surface area (Å²) in [6, 6.07) is 15.9. The van der Waals surface area contributed by atoms with E-state index in [0.717, 1.165) is 5.56 Å². The van der Waals surface area contributed by atoms with Crippen LogP contribution in [-0.4, -0.2) is 23.2 Å². The molecule has 0 saturated carbocycles. The second-order valence-corrected chi connectivity index (χ2v) is 5.21. The van der Waals surface area contributed by atoms with Crippen molar-refractivity contribution in [3.05, 3.63) is 77.5 Å². The highest BCUT2D eigenvalue weighted by Gasteiger charge is 2.23. The van der Waals surface area contributed by atoms with Crippen LogP contribution in [0.5, 0.6) is 5.75 Å². The number of amides is 1. The van der Waals surface area contributed by atoms with Crippen molar-refractivity contribution in [3.63, 3.8) is 0 Å². The van der Waals surface area contributed by atoms with E-state index in [0.29, 0.717) is 23.1 Å². The number of hydrogen-bond acceptors (Lipinski definition) is 5. The van der Waals surface area contributed by atoms with Crippen molar-refractivity contribution in [2.75, 3.05) is 7.11 Å². The maximum atomic E-state index is 12.6. The molecule has 2 aromatic carbocycles. The van der Waals surface area contributed by atoms with Gasteiger partial charge in [-0.2, -0.15) is 0 Å². The van der Waals surface area contributed by atoms with Gasteiger partial charge in [-0.25, -0.2) is 0 Å². The number of methoxy groups -OCH3 is 1. The van der Waals surface area contributed by atoms with E-state index in [1.54, 1.807) is 38.3 Å². The van der Waals surface area contributed by atoms with Crippen LogP contribution >= 0.6 is 0 Å². The molecule has 1 heterocycles.